The number of amides is 1. The molecule has 1 N–H and O–H groups in total. The number of furan rings is 1. The van der Waals surface area contributed by atoms with Crippen LogP contribution in [0.25, 0.3) is 11.0 Å². The summed E-state index contributed by atoms with van der Waals surface area (Å²) in [6.07, 6.45) is 4.64. The molecule has 0 spiro atoms. The second kappa shape index (κ2) is 9.39. The summed E-state index contributed by atoms with van der Waals surface area (Å²) >= 11 is 0. The van der Waals surface area contributed by atoms with Crippen LogP contribution in [0.15, 0.2) is 80.6 Å². The monoisotopic (exact) mass is 457 g/mol. The Morgan fingerprint density at radius 1 is 1.00 bits per heavy atom. The van der Waals surface area contributed by atoms with E-state index in [0.717, 1.165) is 30.2 Å². The maximum atomic E-state index is 13.1. The van der Waals surface area contributed by atoms with Crippen LogP contribution in [0.5, 0.6) is 0 Å². The molecule has 1 unspecified atom stereocenters. The van der Waals surface area contributed by atoms with Gasteiger partial charge in [0.1, 0.15) is 18.2 Å². The topological polar surface area (TPSA) is 98.8 Å². The molecule has 7 nitrogen and oxygen atoms in total. The molecule has 0 saturated carbocycles. The maximum absolute atomic E-state index is 13.1. The Morgan fingerprint density at radius 2 is 1.79 bits per heavy atom. The molecule has 2 aromatic carbocycles. The second-order valence-electron chi connectivity index (χ2n) is 8.36. The van der Waals surface area contributed by atoms with Gasteiger partial charge in [-0.25, -0.2) is 9.59 Å². The van der Waals surface area contributed by atoms with Crippen molar-refractivity contribution < 1.29 is 23.2 Å². The normalized spacial score (nSPS) is 13.4. The molecule has 0 bridgehead atoms. The van der Waals surface area contributed by atoms with Crippen LogP contribution in [-0.2, 0) is 35.4 Å². The third-order valence-corrected chi connectivity index (χ3v) is 6.03. The number of aryl methyl sites for hydroxylation is 2. The number of benzene rings is 2. The average Bonchev–Trinajstić information content (AvgIpc) is 3.53. The van der Waals surface area contributed by atoms with E-state index < -0.39 is 23.5 Å². The van der Waals surface area contributed by atoms with Gasteiger partial charge in [-0.05, 0) is 60.2 Å². The summed E-state index contributed by atoms with van der Waals surface area (Å²) in [6, 6.07) is 16.8. The maximum Gasteiger partial charge on any atom is 0.336 e. The summed E-state index contributed by atoms with van der Waals surface area (Å²) in [6.45, 7) is -0.109. The van der Waals surface area contributed by atoms with E-state index in [2.05, 4.69) is 5.32 Å². The molecule has 0 radical (unpaired) electrons. The van der Waals surface area contributed by atoms with Crippen molar-refractivity contribution in [3.8, 4) is 0 Å². The molecule has 0 saturated heterocycles. The van der Waals surface area contributed by atoms with Crippen molar-refractivity contribution in [2.24, 2.45) is 0 Å². The molecule has 4 aromatic rings. The third-order valence-electron chi connectivity index (χ3n) is 6.03. The molecule has 1 atom stereocenters. The van der Waals surface area contributed by atoms with Gasteiger partial charge in [0.05, 0.1) is 6.26 Å². The van der Waals surface area contributed by atoms with Crippen molar-refractivity contribution in [1.29, 1.82) is 0 Å². The Balaban J connectivity index is 1.37. The molecule has 0 aliphatic heterocycles. The van der Waals surface area contributed by atoms with Crippen molar-refractivity contribution in [2.75, 3.05) is 0 Å². The number of carbonyl (C=O) groups excluding carboxylic acids is 2. The Bertz CT molecular complexity index is 1390. The van der Waals surface area contributed by atoms with Gasteiger partial charge < -0.3 is 18.9 Å². The number of hydrogen-bond acceptors (Lipinski definition) is 6. The van der Waals surface area contributed by atoms with Crippen LogP contribution in [0.2, 0.25) is 0 Å². The van der Waals surface area contributed by atoms with Gasteiger partial charge in [-0.15, -0.1) is 0 Å². The molecule has 1 amide bonds. The van der Waals surface area contributed by atoms with Gasteiger partial charge in [-0.2, -0.15) is 0 Å². The highest BCUT2D eigenvalue weighted by atomic mass is 16.5. The second-order valence-corrected chi connectivity index (χ2v) is 8.36. The lowest BCUT2D eigenvalue weighted by Gasteiger charge is -2.18. The number of rotatable bonds is 7. The molecule has 1 aliphatic rings. The number of nitrogens with one attached hydrogen (secondary N) is 1. The van der Waals surface area contributed by atoms with E-state index in [1.54, 1.807) is 6.07 Å². The predicted octanol–water partition coefficient (Wildman–Crippen LogP) is 3.96. The summed E-state index contributed by atoms with van der Waals surface area (Å²) in [5.74, 6) is -1.01. The molecule has 172 valence electrons. The van der Waals surface area contributed by atoms with Crippen LogP contribution < -0.4 is 10.9 Å². The Kier molecular flexibility index (Phi) is 5.99. The van der Waals surface area contributed by atoms with Crippen LogP contribution in [0.1, 0.15) is 39.2 Å². The van der Waals surface area contributed by atoms with E-state index in [1.165, 1.54) is 29.5 Å². The lowest BCUT2D eigenvalue weighted by molar-refractivity contribution is -0.147. The SMILES string of the molecule is O=C(NC(Cc1ccccc1)C(=O)OCc1cc(=O)oc2cc3c(cc12)CCC3)c1ccco1. The zero-order valence-corrected chi connectivity index (χ0v) is 18.4. The quantitative estimate of drug-likeness (QED) is 0.333. The molecular weight excluding hydrogens is 434 g/mol. The predicted molar refractivity (Wildman–Crippen MR) is 124 cm³/mol. The molecular formula is C27H23NO6. The minimum atomic E-state index is -0.935. The Morgan fingerprint density at radius 3 is 2.56 bits per heavy atom. The first kappa shape index (κ1) is 21.7. The van der Waals surface area contributed by atoms with Gasteiger partial charge in [0.2, 0.25) is 0 Å². The van der Waals surface area contributed by atoms with Gasteiger partial charge in [0.15, 0.2) is 5.76 Å². The fourth-order valence-corrected chi connectivity index (χ4v) is 4.34. The zero-order valence-electron chi connectivity index (χ0n) is 18.4. The van der Waals surface area contributed by atoms with Gasteiger partial charge in [0, 0.05) is 23.4 Å². The number of hydrogen-bond donors (Lipinski definition) is 1. The lowest BCUT2D eigenvalue weighted by atomic mass is 10.0. The summed E-state index contributed by atoms with van der Waals surface area (Å²) < 4.78 is 16.1. The van der Waals surface area contributed by atoms with E-state index in [0.29, 0.717) is 11.1 Å². The summed E-state index contributed by atoms with van der Waals surface area (Å²) in [7, 11) is 0. The third kappa shape index (κ3) is 4.64. The first-order valence-electron chi connectivity index (χ1n) is 11.2. The van der Waals surface area contributed by atoms with E-state index in [-0.39, 0.29) is 18.8 Å². The molecule has 5 rings (SSSR count). The molecule has 0 fully saturated rings. The first-order valence-corrected chi connectivity index (χ1v) is 11.2. The van der Waals surface area contributed by atoms with Crippen LogP contribution in [0, 0.1) is 0 Å². The first-order chi connectivity index (χ1) is 16.6. The van der Waals surface area contributed by atoms with Crippen LogP contribution in [0.4, 0.5) is 0 Å². The summed E-state index contributed by atoms with van der Waals surface area (Å²) in [4.78, 5) is 37.7. The largest absolute Gasteiger partial charge is 0.459 e. The van der Waals surface area contributed by atoms with Crippen LogP contribution >= 0.6 is 0 Å². The van der Waals surface area contributed by atoms with Gasteiger partial charge >= 0.3 is 11.6 Å². The zero-order chi connectivity index (χ0) is 23.5. The van der Waals surface area contributed by atoms with E-state index in [1.807, 2.05) is 42.5 Å². The van der Waals surface area contributed by atoms with Crippen molar-refractivity contribution in [2.45, 2.75) is 38.3 Å². The minimum Gasteiger partial charge on any atom is -0.459 e. The van der Waals surface area contributed by atoms with Crippen LogP contribution in [0.3, 0.4) is 0 Å². The Hall–Kier alpha value is -4.13. The fourth-order valence-electron chi connectivity index (χ4n) is 4.34. The van der Waals surface area contributed by atoms with Crippen LogP contribution in [-0.4, -0.2) is 17.9 Å². The highest BCUT2D eigenvalue weighted by Gasteiger charge is 2.25. The van der Waals surface area contributed by atoms with E-state index in [9.17, 15) is 14.4 Å². The van der Waals surface area contributed by atoms with E-state index in [4.69, 9.17) is 13.6 Å². The standard InChI is InChI=1S/C27H23NO6/c29-25-15-20(21-13-18-8-4-9-19(18)14-24(21)34-25)16-33-27(31)22(12-17-6-2-1-3-7-17)28-26(30)23-10-5-11-32-23/h1-3,5-7,10-11,13-15,22H,4,8-9,12,16H2,(H,28,30). The number of fused-ring (bicyclic) bond motifs is 2. The van der Waals surface area contributed by atoms with Gasteiger partial charge in [-0.3, -0.25) is 4.79 Å². The highest BCUT2D eigenvalue weighted by molar-refractivity contribution is 5.94. The smallest absolute Gasteiger partial charge is 0.336 e. The highest BCUT2D eigenvalue weighted by Crippen LogP contribution is 2.28. The minimum absolute atomic E-state index is 0.103. The average molecular weight is 457 g/mol. The molecule has 34 heavy (non-hydrogen) atoms. The Labute approximate surface area is 195 Å². The molecule has 2 heterocycles. The van der Waals surface area contributed by atoms with Gasteiger partial charge in [0.25, 0.3) is 5.91 Å². The number of carbonyl (C=O) groups is 2. The summed E-state index contributed by atoms with van der Waals surface area (Å²) in [5, 5.41) is 3.46. The number of ether oxygens (including phenoxy) is 1. The fraction of sp³-hybridized carbons (Fsp3) is 0.222. The van der Waals surface area contributed by atoms with Crippen molar-refractivity contribution >= 4 is 22.8 Å². The van der Waals surface area contributed by atoms with Gasteiger partial charge in [-0.1, -0.05) is 30.3 Å². The molecule has 7 heteroatoms. The molecule has 1 aliphatic carbocycles. The molecule has 2 aromatic heterocycles. The van der Waals surface area contributed by atoms with Crippen molar-refractivity contribution in [3.63, 3.8) is 0 Å². The van der Waals surface area contributed by atoms with Crippen molar-refractivity contribution in [1.82, 2.24) is 5.32 Å². The number of esters is 1. The van der Waals surface area contributed by atoms with E-state index >= 15 is 0 Å². The summed E-state index contributed by atoms with van der Waals surface area (Å²) in [5.41, 5.74) is 3.85. The lowest BCUT2D eigenvalue weighted by Crippen LogP contribution is -2.43. The van der Waals surface area contributed by atoms with Crippen molar-refractivity contribution in [3.05, 3.63) is 105 Å².